The SMILES string of the molecule is CC(C)CCC(=O)NCCCNC(=O)c1cc2ccccc2[nH]1. The van der Waals surface area contributed by atoms with E-state index in [9.17, 15) is 9.59 Å². The lowest BCUT2D eigenvalue weighted by atomic mass is 10.1. The summed E-state index contributed by atoms with van der Waals surface area (Å²) < 4.78 is 0. The van der Waals surface area contributed by atoms with Gasteiger partial charge >= 0.3 is 0 Å². The number of para-hydroxylation sites is 1. The van der Waals surface area contributed by atoms with Crippen molar-refractivity contribution < 1.29 is 9.59 Å². The minimum absolute atomic E-state index is 0.0839. The van der Waals surface area contributed by atoms with Crippen molar-refractivity contribution in [1.82, 2.24) is 15.6 Å². The predicted octanol–water partition coefficient (Wildman–Crippen LogP) is 2.84. The highest BCUT2D eigenvalue weighted by molar-refractivity contribution is 5.97. The highest BCUT2D eigenvalue weighted by atomic mass is 16.2. The minimum atomic E-state index is -0.118. The van der Waals surface area contributed by atoms with Gasteiger partial charge in [0.2, 0.25) is 5.91 Å². The number of hydrogen-bond acceptors (Lipinski definition) is 2. The number of carbonyl (C=O) groups is 2. The lowest BCUT2D eigenvalue weighted by Crippen LogP contribution is -2.30. The Labute approximate surface area is 136 Å². The Morgan fingerprint density at radius 1 is 1.13 bits per heavy atom. The predicted molar refractivity (Wildman–Crippen MR) is 92.3 cm³/mol. The van der Waals surface area contributed by atoms with Crippen molar-refractivity contribution in [3.8, 4) is 0 Å². The van der Waals surface area contributed by atoms with Crippen molar-refractivity contribution in [2.45, 2.75) is 33.1 Å². The van der Waals surface area contributed by atoms with Crippen LogP contribution in [0.2, 0.25) is 0 Å². The fourth-order valence-corrected chi connectivity index (χ4v) is 2.32. The first-order chi connectivity index (χ1) is 11.1. The summed E-state index contributed by atoms with van der Waals surface area (Å²) in [4.78, 5) is 26.7. The fraction of sp³-hybridized carbons (Fsp3) is 0.444. The molecule has 2 amide bonds. The van der Waals surface area contributed by atoms with Crippen molar-refractivity contribution in [3.05, 3.63) is 36.0 Å². The standard InChI is InChI=1S/C18H25N3O2/c1-13(2)8-9-17(22)19-10-5-11-20-18(23)16-12-14-6-3-4-7-15(14)21-16/h3-4,6-7,12-13,21H,5,8-11H2,1-2H3,(H,19,22)(H,20,23). The van der Waals surface area contributed by atoms with Crippen molar-refractivity contribution in [3.63, 3.8) is 0 Å². The molecule has 0 atom stereocenters. The number of rotatable bonds is 8. The smallest absolute Gasteiger partial charge is 0.267 e. The highest BCUT2D eigenvalue weighted by Crippen LogP contribution is 2.14. The molecule has 5 heteroatoms. The van der Waals surface area contributed by atoms with Gasteiger partial charge in [-0.1, -0.05) is 32.0 Å². The number of hydrogen-bond donors (Lipinski definition) is 3. The molecule has 0 aliphatic heterocycles. The molecule has 0 saturated heterocycles. The van der Waals surface area contributed by atoms with Gasteiger partial charge in [0, 0.05) is 30.4 Å². The maximum absolute atomic E-state index is 12.1. The summed E-state index contributed by atoms with van der Waals surface area (Å²) in [6, 6.07) is 9.63. The van der Waals surface area contributed by atoms with Crippen LogP contribution in [0.4, 0.5) is 0 Å². The number of carbonyl (C=O) groups excluding carboxylic acids is 2. The van der Waals surface area contributed by atoms with E-state index in [1.54, 1.807) is 0 Å². The van der Waals surface area contributed by atoms with Gasteiger partial charge in [-0.05, 0) is 30.9 Å². The van der Waals surface area contributed by atoms with Gasteiger partial charge in [0.15, 0.2) is 0 Å². The van der Waals surface area contributed by atoms with Gasteiger partial charge in [0.05, 0.1) is 0 Å². The van der Waals surface area contributed by atoms with Crippen LogP contribution in [0, 0.1) is 5.92 Å². The molecule has 3 N–H and O–H groups in total. The number of amides is 2. The van der Waals surface area contributed by atoms with Crippen LogP contribution in [0.25, 0.3) is 10.9 Å². The van der Waals surface area contributed by atoms with Crippen LogP contribution >= 0.6 is 0 Å². The number of fused-ring (bicyclic) bond motifs is 1. The lowest BCUT2D eigenvalue weighted by Gasteiger charge is -2.07. The first kappa shape index (κ1) is 17.1. The Morgan fingerprint density at radius 2 is 1.87 bits per heavy atom. The summed E-state index contributed by atoms with van der Waals surface area (Å²) >= 11 is 0. The van der Waals surface area contributed by atoms with Crippen LogP contribution < -0.4 is 10.6 Å². The van der Waals surface area contributed by atoms with E-state index in [4.69, 9.17) is 0 Å². The van der Waals surface area contributed by atoms with Crippen LogP contribution in [0.5, 0.6) is 0 Å². The maximum Gasteiger partial charge on any atom is 0.267 e. The van der Waals surface area contributed by atoms with Crippen molar-refractivity contribution in [1.29, 1.82) is 0 Å². The molecule has 0 saturated carbocycles. The van der Waals surface area contributed by atoms with Gasteiger partial charge < -0.3 is 15.6 Å². The van der Waals surface area contributed by atoms with E-state index in [-0.39, 0.29) is 11.8 Å². The zero-order chi connectivity index (χ0) is 16.7. The van der Waals surface area contributed by atoms with E-state index < -0.39 is 0 Å². The quantitative estimate of drug-likeness (QED) is 0.655. The molecule has 1 aromatic carbocycles. The molecule has 1 aromatic heterocycles. The average Bonchev–Trinajstić information content (AvgIpc) is 2.96. The molecule has 0 aliphatic carbocycles. The largest absolute Gasteiger partial charge is 0.356 e. The molecule has 2 aromatic rings. The lowest BCUT2D eigenvalue weighted by molar-refractivity contribution is -0.121. The average molecular weight is 315 g/mol. The zero-order valence-corrected chi connectivity index (χ0v) is 13.8. The Bertz CT molecular complexity index is 628. The third-order valence-corrected chi connectivity index (χ3v) is 3.68. The molecule has 0 aliphatic rings. The fourth-order valence-electron chi connectivity index (χ4n) is 2.32. The summed E-state index contributed by atoms with van der Waals surface area (Å²) in [5, 5.41) is 6.76. The summed E-state index contributed by atoms with van der Waals surface area (Å²) in [6.07, 6.45) is 2.20. The molecule has 23 heavy (non-hydrogen) atoms. The van der Waals surface area contributed by atoms with E-state index in [0.29, 0.717) is 31.1 Å². The first-order valence-corrected chi connectivity index (χ1v) is 8.19. The van der Waals surface area contributed by atoms with E-state index in [0.717, 1.165) is 23.7 Å². The molecule has 0 radical (unpaired) electrons. The van der Waals surface area contributed by atoms with E-state index in [1.165, 1.54) is 0 Å². The second-order valence-electron chi connectivity index (χ2n) is 6.16. The topological polar surface area (TPSA) is 74.0 Å². The van der Waals surface area contributed by atoms with Gasteiger partial charge in [-0.3, -0.25) is 9.59 Å². The normalized spacial score (nSPS) is 10.9. The molecule has 0 fully saturated rings. The molecule has 2 rings (SSSR count). The van der Waals surface area contributed by atoms with Crippen molar-refractivity contribution >= 4 is 22.7 Å². The number of H-pyrrole nitrogens is 1. The molecular weight excluding hydrogens is 290 g/mol. The Kier molecular flexibility index (Phi) is 6.20. The van der Waals surface area contributed by atoms with Crippen LogP contribution in [-0.2, 0) is 4.79 Å². The molecule has 1 heterocycles. The summed E-state index contributed by atoms with van der Waals surface area (Å²) in [7, 11) is 0. The van der Waals surface area contributed by atoms with Crippen molar-refractivity contribution in [2.75, 3.05) is 13.1 Å². The zero-order valence-electron chi connectivity index (χ0n) is 13.8. The molecule has 0 unspecified atom stereocenters. The van der Waals surface area contributed by atoms with E-state index in [1.807, 2.05) is 30.3 Å². The summed E-state index contributed by atoms with van der Waals surface area (Å²) in [5.41, 5.74) is 1.52. The van der Waals surface area contributed by atoms with Crippen LogP contribution in [-0.4, -0.2) is 29.9 Å². The van der Waals surface area contributed by atoms with E-state index in [2.05, 4.69) is 29.5 Å². The molecular formula is C18H25N3O2. The van der Waals surface area contributed by atoms with Gasteiger partial charge in [-0.25, -0.2) is 0 Å². The highest BCUT2D eigenvalue weighted by Gasteiger charge is 2.08. The third-order valence-electron chi connectivity index (χ3n) is 3.68. The van der Waals surface area contributed by atoms with Gasteiger partial charge in [0.1, 0.15) is 5.69 Å². The van der Waals surface area contributed by atoms with E-state index >= 15 is 0 Å². The Balaban J connectivity index is 1.66. The minimum Gasteiger partial charge on any atom is -0.356 e. The molecule has 0 bridgehead atoms. The van der Waals surface area contributed by atoms with Crippen LogP contribution in [0.1, 0.15) is 43.6 Å². The van der Waals surface area contributed by atoms with Crippen LogP contribution in [0.15, 0.2) is 30.3 Å². The Hall–Kier alpha value is -2.30. The summed E-state index contributed by atoms with van der Waals surface area (Å²) in [5.74, 6) is 0.504. The van der Waals surface area contributed by atoms with Crippen LogP contribution in [0.3, 0.4) is 0 Å². The second-order valence-corrected chi connectivity index (χ2v) is 6.16. The first-order valence-electron chi connectivity index (χ1n) is 8.19. The van der Waals surface area contributed by atoms with Gasteiger partial charge in [0.25, 0.3) is 5.91 Å². The number of aromatic amines is 1. The third kappa shape index (κ3) is 5.43. The molecule has 0 spiro atoms. The summed E-state index contributed by atoms with van der Waals surface area (Å²) in [6.45, 7) is 5.34. The number of nitrogens with one attached hydrogen (secondary N) is 3. The molecule has 124 valence electrons. The number of aromatic nitrogens is 1. The Morgan fingerprint density at radius 3 is 2.61 bits per heavy atom. The van der Waals surface area contributed by atoms with Gasteiger partial charge in [-0.2, -0.15) is 0 Å². The molecule has 5 nitrogen and oxygen atoms in total. The van der Waals surface area contributed by atoms with Crippen molar-refractivity contribution in [2.24, 2.45) is 5.92 Å². The maximum atomic E-state index is 12.1. The van der Waals surface area contributed by atoms with Gasteiger partial charge in [-0.15, -0.1) is 0 Å². The second kappa shape index (κ2) is 8.36. The number of benzene rings is 1. The monoisotopic (exact) mass is 315 g/mol.